The first-order valence-corrected chi connectivity index (χ1v) is 5.15. The number of anilines is 2. The molecule has 1 aliphatic heterocycles. The summed E-state index contributed by atoms with van der Waals surface area (Å²) in [7, 11) is 0. The molecule has 0 saturated heterocycles. The normalized spacial score (nSPS) is 24.8. The van der Waals surface area contributed by atoms with E-state index in [1.54, 1.807) is 12.4 Å². The molecule has 0 aliphatic carbocycles. The molecule has 2 rings (SSSR count). The van der Waals surface area contributed by atoms with Crippen LogP contribution in [0.2, 0.25) is 0 Å². The minimum Gasteiger partial charge on any atom is -0.382 e. The van der Waals surface area contributed by atoms with E-state index in [9.17, 15) is 4.79 Å². The number of carbonyl (C=O) groups excluding carboxylic acids is 1. The van der Waals surface area contributed by atoms with Gasteiger partial charge in [0.25, 0.3) is 0 Å². The molecule has 0 bridgehead atoms. The molecule has 0 radical (unpaired) electrons. The molecule has 0 saturated carbocycles. The van der Waals surface area contributed by atoms with Crippen LogP contribution >= 0.6 is 0 Å². The van der Waals surface area contributed by atoms with Crippen LogP contribution in [0.3, 0.4) is 0 Å². The maximum Gasteiger partial charge on any atom is 0.232 e. The number of fused-ring (bicyclic) bond motifs is 1. The Balaban J connectivity index is 2.34. The fraction of sp³-hybridized carbons (Fsp3) is 0.455. The number of nitrogens with zero attached hydrogens (tertiary/aromatic N) is 1. The summed E-state index contributed by atoms with van der Waals surface area (Å²) in [6, 6.07) is 1.87. The Kier molecular flexibility index (Phi) is 2.34. The van der Waals surface area contributed by atoms with Crippen LogP contribution in [-0.4, -0.2) is 17.4 Å². The number of aromatic nitrogens is 1. The van der Waals surface area contributed by atoms with Gasteiger partial charge in [0.05, 0.1) is 23.0 Å². The van der Waals surface area contributed by atoms with Crippen LogP contribution in [0.25, 0.3) is 0 Å². The van der Waals surface area contributed by atoms with Crippen molar-refractivity contribution in [1.82, 2.24) is 4.98 Å². The van der Waals surface area contributed by atoms with Crippen molar-refractivity contribution in [3.05, 3.63) is 18.5 Å². The van der Waals surface area contributed by atoms with E-state index in [2.05, 4.69) is 15.6 Å². The summed E-state index contributed by atoms with van der Waals surface area (Å²) in [5.41, 5.74) is 1.36. The predicted octanol–water partition coefficient (Wildman–Crippen LogP) is 1.86. The molecule has 0 aromatic carbocycles. The molecule has 1 amide bonds. The van der Waals surface area contributed by atoms with Crippen molar-refractivity contribution in [1.29, 1.82) is 0 Å². The van der Waals surface area contributed by atoms with E-state index < -0.39 is 0 Å². The largest absolute Gasteiger partial charge is 0.382 e. The van der Waals surface area contributed by atoms with Crippen LogP contribution in [0, 0.1) is 5.41 Å². The summed E-state index contributed by atoms with van der Waals surface area (Å²) in [6.45, 7) is 4.65. The predicted molar refractivity (Wildman–Crippen MR) is 59.8 cm³/mol. The number of amides is 1. The quantitative estimate of drug-likeness (QED) is 0.735. The number of hydrogen-bond acceptors (Lipinski definition) is 3. The van der Waals surface area contributed by atoms with E-state index in [4.69, 9.17) is 0 Å². The second-order valence-corrected chi connectivity index (χ2v) is 4.14. The van der Waals surface area contributed by atoms with Crippen molar-refractivity contribution < 1.29 is 4.79 Å². The second kappa shape index (κ2) is 3.53. The molecule has 1 unspecified atom stereocenters. The van der Waals surface area contributed by atoms with Gasteiger partial charge in [-0.05, 0) is 19.4 Å². The fourth-order valence-electron chi connectivity index (χ4n) is 1.58. The smallest absolute Gasteiger partial charge is 0.232 e. The third-order valence-electron chi connectivity index (χ3n) is 3.07. The Morgan fingerprint density at radius 3 is 3.07 bits per heavy atom. The third kappa shape index (κ3) is 1.67. The molecule has 0 spiro atoms. The average Bonchev–Trinajstić information content (AvgIpc) is 2.38. The maximum absolute atomic E-state index is 12.0. The topological polar surface area (TPSA) is 54.0 Å². The lowest BCUT2D eigenvalue weighted by Crippen LogP contribution is -2.36. The van der Waals surface area contributed by atoms with Crippen molar-refractivity contribution in [2.75, 3.05) is 17.2 Å². The molecule has 1 aliphatic rings. The Morgan fingerprint density at radius 2 is 2.33 bits per heavy atom. The minimum atomic E-state index is -0.348. The van der Waals surface area contributed by atoms with E-state index in [1.807, 2.05) is 19.9 Å². The Bertz CT molecular complexity index is 391. The minimum absolute atomic E-state index is 0.0595. The van der Waals surface area contributed by atoms with Crippen LogP contribution in [0.15, 0.2) is 18.5 Å². The van der Waals surface area contributed by atoms with Gasteiger partial charge in [0.1, 0.15) is 0 Å². The standard InChI is InChI=1S/C11H15N3O/c1-3-11(2)7-13-8-4-5-12-6-9(8)14-10(11)15/h4-6,13H,3,7H2,1-2H3,(H,14,15). The van der Waals surface area contributed by atoms with E-state index in [0.717, 1.165) is 17.8 Å². The fourth-order valence-corrected chi connectivity index (χ4v) is 1.58. The number of rotatable bonds is 1. The molecule has 1 atom stereocenters. The molecule has 4 nitrogen and oxygen atoms in total. The zero-order valence-electron chi connectivity index (χ0n) is 9.00. The third-order valence-corrected chi connectivity index (χ3v) is 3.07. The number of nitrogens with one attached hydrogen (secondary N) is 2. The van der Waals surface area contributed by atoms with E-state index in [1.165, 1.54) is 0 Å². The van der Waals surface area contributed by atoms with Gasteiger partial charge >= 0.3 is 0 Å². The molecule has 0 fully saturated rings. The van der Waals surface area contributed by atoms with Gasteiger partial charge in [0, 0.05) is 12.7 Å². The number of hydrogen-bond donors (Lipinski definition) is 2. The van der Waals surface area contributed by atoms with Crippen molar-refractivity contribution in [3.8, 4) is 0 Å². The first kappa shape index (κ1) is 9.96. The Morgan fingerprint density at radius 1 is 1.53 bits per heavy atom. The first-order chi connectivity index (χ1) is 7.15. The van der Waals surface area contributed by atoms with Crippen LogP contribution in [0.1, 0.15) is 20.3 Å². The zero-order chi connectivity index (χ0) is 10.9. The van der Waals surface area contributed by atoms with Gasteiger partial charge in [-0.25, -0.2) is 0 Å². The van der Waals surface area contributed by atoms with Gasteiger partial charge in [0.15, 0.2) is 0 Å². The van der Waals surface area contributed by atoms with Crippen molar-refractivity contribution in [3.63, 3.8) is 0 Å². The van der Waals surface area contributed by atoms with E-state index in [-0.39, 0.29) is 11.3 Å². The van der Waals surface area contributed by atoms with Crippen LogP contribution < -0.4 is 10.6 Å². The summed E-state index contributed by atoms with van der Waals surface area (Å²) in [5.74, 6) is 0.0595. The average molecular weight is 205 g/mol. The Labute approximate surface area is 89.1 Å². The molecule has 4 heteroatoms. The van der Waals surface area contributed by atoms with Crippen LogP contribution in [0.5, 0.6) is 0 Å². The van der Waals surface area contributed by atoms with E-state index >= 15 is 0 Å². The highest BCUT2D eigenvalue weighted by molar-refractivity contribution is 5.99. The highest BCUT2D eigenvalue weighted by atomic mass is 16.2. The molecule has 1 aromatic rings. The lowest BCUT2D eigenvalue weighted by molar-refractivity contribution is -0.124. The van der Waals surface area contributed by atoms with Crippen LogP contribution in [0.4, 0.5) is 11.4 Å². The molecular formula is C11H15N3O. The first-order valence-electron chi connectivity index (χ1n) is 5.15. The zero-order valence-corrected chi connectivity index (χ0v) is 9.00. The van der Waals surface area contributed by atoms with Crippen molar-refractivity contribution >= 4 is 17.3 Å². The molecule has 2 N–H and O–H groups in total. The lowest BCUT2D eigenvalue weighted by Gasteiger charge is -2.23. The monoisotopic (exact) mass is 205 g/mol. The highest BCUT2D eigenvalue weighted by Crippen LogP contribution is 2.31. The van der Waals surface area contributed by atoms with Crippen molar-refractivity contribution in [2.45, 2.75) is 20.3 Å². The maximum atomic E-state index is 12.0. The number of pyridine rings is 1. The van der Waals surface area contributed by atoms with E-state index in [0.29, 0.717) is 6.54 Å². The van der Waals surface area contributed by atoms with Crippen LogP contribution in [-0.2, 0) is 4.79 Å². The van der Waals surface area contributed by atoms with Gasteiger partial charge in [0.2, 0.25) is 5.91 Å². The highest BCUT2D eigenvalue weighted by Gasteiger charge is 2.33. The van der Waals surface area contributed by atoms with Crippen molar-refractivity contribution in [2.24, 2.45) is 5.41 Å². The summed E-state index contributed by atoms with van der Waals surface area (Å²) in [6.07, 6.45) is 4.20. The van der Waals surface area contributed by atoms with Gasteiger partial charge < -0.3 is 10.6 Å². The van der Waals surface area contributed by atoms with Gasteiger partial charge in [-0.3, -0.25) is 9.78 Å². The Hall–Kier alpha value is -1.58. The summed E-state index contributed by atoms with van der Waals surface area (Å²) < 4.78 is 0. The molecule has 80 valence electrons. The second-order valence-electron chi connectivity index (χ2n) is 4.14. The summed E-state index contributed by atoms with van der Waals surface area (Å²) >= 11 is 0. The molecular weight excluding hydrogens is 190 g/mol. The molecule has 1 aromatic heterocycles. The molecule has 2 heterocycles. The van der Waals surface area contributed by atoms with Gasteiger partial charge in [-0.1, -0.05) is 6.92 Å². The SMILES string of the molecule is CCC1(C)CNc2ccncc2NC1=O. The number of carbonyl (C=O) groups is 1. The summed E-state index contributed by atoms with van der Waals surface area (Å²) in [4.78, 5) is 15.9. The van der Waals surface area contributed by atoms with Gasteiger partial charge in [-0.2, -0.15) is 0 Å². The summed E-state index contributed by atoms with van der Waals surface area (Å²) in [5, 5.41) is 6.17. The van der Waals surface area contributed by atoms with Gasteiger partial charge in [-0.15, -0.1) is 0 Å². The lowest BCUT2D eigenvalue weighted by atomic mass is 9.86. The molecule has 15 heavy (non-hydrogen) atoms.